The zero-order chi connectivity index (χ0) is 18.4. The lowest BCUT2D eigenvalue weighted by atomic mass is 10.1. The van der Waals surface area contributed by atoms with Crippen molar-refractivity contribution in [1.29, 1.82) is 0 Å². The number of rotatable bonds is 7. The number of aromatic nitrogens is 2. The Bertz CT molecular complexity index is 929. The number of halogens is 1. The van der Waals surface area contributed by atoms with E-state index in [9.17, 15) is 9.18 Å². The molecule has 1 N–H and O–H groups in total. The molecule has 0 aliphatic heterocycles. The number of benzene rings is 2. The van der Waals surface area contributed by atoms with Crippen molar-refractivity contribution < 1.29 is 13.9 Å². The molecule has 0 aliphatic carbocycles. The van der Waals surface area contributed by atoms with Crippen LogP contribution in [0.4, 0.5) is 16.0 Å². The molecule has 3 rings (SSSR count). The van der Waals surface area contributed by atoms with Gasteiger partial charge in [-0.05, 0) is 35.9 Å². The Balaban J connectivity index is 1.79. The third-order valence-corrected chi connectivity index (χ3v) is 3.46. The highest BCUT2D eigenvalue weighted by atomic mass is 19.1. The first-order chi connectivity index (χ1) is 12.6. The van der Waals surface area contributed by atoms with Gasteiger partial charge in [-0.1, -0.05) is 36.9 Å². The molecule has 0 atom stereocenters. The van der Waals surface area contributed by atoms with E-state index >= 15 is 0 Å². The van der Waals surface area contributed by atoms with Crippen LogP contribution in [-0.2, 0) is 11.2 Å². The normalized spacial score (nSPS) is 10.2. The summed E-state index contributed by atoms with van der Waals surface area (Å²) in [6.45, 7) is 3.45. The number of carbonyl (C=O) groups is 1. The third-order valence-electron chi connectivity index (χ3n) is 3.46. The van der Waals surface area contributed by atoms with E-state index in [1.807, 2.05) is 30.3 Å². The summed E-state index contributed by atoms with van der Waals surface area (Å²) in [5.41, 5.74) is 1.51. The number of ketones is 1. The van der Waals surface area contributed by atoms with Crippen molar-refractivity contribution >= 4 is 17.4 Å². The summed E-state index contributed by atoms with van der Waals surface area (Å²) in [7, 11) is 0. The molecular weight excluding hydrogens is 333 g/mol. The first kappa shape index (κ1) is 17.3. The quantitative estimate of drug-likeness (QED) is 0.639. The highest BCUT2D eigenvalue weighted by Crippen LogP contribution is 2.25. The van der Waals surface area contributed by atoms with Crippen LogP contribution in [0.3, 0.4) is 0 Å². The minimum absolute atomic E-state index is 0.107. The van der Waals surface area contributed by atoms with Gasteiger partial charge >= 0.3 is 0 Å². The Morgan fingerprint density at radius 2 is 2.00 bits per heavy atom. The van der Waals surface area contributed by atoms with Crippen LogP contribution in [0.25, 0.3) is 0 Å². The summed E-state index contributed by atoms with van der Waals surface area (Å²) >= 11 is 0. The molecule has 0 saturated heterocycles. The fourth-order valence-electron chi connectivity index (χ4n) is 2.24. The van der Waals surface area contributed by atoms with Gasteiger partial charge < -0.3 is 10.1 Å². The lowest BCUT2D eigenvalue weighted by Gasteiger charge is -2.09. The average Bonchev–Trinajstić information content (AvgIpc) is 2.65. The SMILES string of the molecule is C=CC(=O)Cc1cccc(Oc2nc(Nc3ccccc3)ncc2F)c1. The van der Waals surface area contributed by atoms with Gasteiger partial charge in [-0.15, -0.1) is 0 Å². The van der Waals surface area contributed by atoms with E-state index in [1.54, 1.807) is 24.3 Å². The van der Waals surface area contributed by atoms with E-state index < -0.39 is 5.82 Å². The van der Waals surface area contributed by atoms with Crippen LogP contribution in [0.1, 0.15) is 5.56 Å². The van der Waals surface area contributed by atoms with Crippen molar-refractivity contribution in [2.75, 3.05) is 5.32 Å². The molecule has 5 nitrogen and oxygen atoms in total. The van der Waals surface area contributed by atoms with Gasteiger partial charge in [0, 0.05) is 12.1 Å². The summed E-state index contributed by atoms with van der Waals surface area (Å²) in [5, 5.41) is 2.98. The highest BCUT2D eigenvalue weighted by Gasteiger charge is 2.11. The van der Waals surface area contributed by atoms with Gasteiger partial charge in [-0.25, -0.2) is 4.98 Å². The molecule has 0 unspecified atom stereocenters. The van der Waals surface area contributed by atoms with E-state index in [-0.39, 0.29) is 24.0 Å². The van der Waals surface area contributed by atoms with Crippen LogP contribution in [0.2, 0.25) is 0 Å². The molecule has 1 aromatic heterocycles. The van der Waals surface area contributed by atoms with Crippen molar-refractivity contribution in [2.24, 2.45) is 0 Å². The molecular formula is C20H16FN3O2. The Morgan fingerprint density at radius 3 is 2.77 bits per heavy atom. The first-order valence-electron chi connectivity index (χ1n) is 7.91. The maximum atomic E-state index is 14.0. The molecule has 0 amide bonds. The van der Waals surface area contributed by atoms with Gasteiger partial charge in [0.15, 0.2) is 5.78 Å². The Hall–Kier alpha value is -3.54. The van der Waals surface area contributed by atoms with Crippen LogP contribution < -0.4 is 10.1 Å². The van der Waals surface area contributed by atoms with Crippen LogP contribution in [0.5, 0.6) is 11.6 Å². The van der Waals surface area contributed by atoms with E-state index in [0.717, 1.165) is 17.4 Å². The maximum absolute atomic E-state index is 14.0. The van der Waals surface area contributed by atoms with Gasteiger partial charge in [0.1, 0.15) is 5.75 Å². The Morgan fingerprint density at radius 1 is 1.19 bits per heavy atom. The molecule has 130 valence electrons. The molecule has 0 aliphatic rings. The number of carbonyl (C=O) groups excluding carboxylic acids is 1. The molecule has 2 aromatic carbocycles. The van der Waals surface area contributed by atoms with Crippen molar-refractivity contribution in [1.82, 2.24) is 9.97 Å². The summed E-state index contributed by atoms with van der Waals surface area (Å²) in [6, 6.07) is 16.1. The number of hydrogen-bond acceptors (Lipinski definition) is 5. The monoisotopic (exact) mass is 349 g/mol. The number of allylic oxidation sites excluding steroid dienone is 1. The molecule has 0 saturated carbocycles. The van der Waals surface area contributed by atoms with Gasteiger partial charge in [0.2, 0.25) is 11.8 Å². The Kier molecular flexibility index (Phi) is 5.34. The minimum atomic E-state index is -0.684. The third kappa shape index (κ3) is 4.51. The van der Waals surface area contributed by atoms with Gasteiger partial charge in [-0.3, -0.25) is 4.79 Å². The molecule has 6 heteroatoms. The average molecular weight is 349 g/mol. The van der Waals surface area contributed by atoms with Crippen LogP contribution in [0.15, 0.2) is 73.4 Å². The minimum Gasteiger partial charge on any atom is -0.436 e. The molecule has 0 radical (unpaired) electrons. The lowest BCUT2D eigenvalue weighted by Crippen LogP contribution is -2.01. The topological polar surface area (TPSA) is 64.1 Å². The largest absolute Gasteiger partial charge is 0.436 e. The fraction of sp³-hybridized carbons (Fsp3) is 0.0500. The number of hydrogen-bond donors (Lipinski definition) is 1. The zero-order valence-corrected chi connectivity index (χ0v) is 13.9. The van der Waals surface area contributed by atoms with Crippen molar-refractivity contribution in [2.45, 2.75) is 6.42 Å². The summed E-state index contributed by atoms with van der Waals surface area (Å²) in [6.07, 6.45) is 2.51. The smallest absolute Gasteiger partial charge is 0.260 e. The summed E-state index contributed by atoms with van der Waals surface area (Å²) < 4.78 is 19.6. The Labute approximate surface area is 150 Å². The van der Waals surface area contributed by atoms with E-state index in [4.69, 9.17) is 4.74 Å². The van der Waals surface area contributed by atoms with Crippen molar-refractivity contribution in [3.05, 3.63) is 84.8 Å². The van der Waals surface area contributed by atoms with Crippen LogP contribution in [-0.4, -0.2) is 15.8 Å². The molecule has 3 aromatic rings. The van der Waals surface area contributed by atoms with E-state index in [2.05, 4.69) is 21.9 Å². The zero-order valence-electron chi connectivity index (χ0n) is 13.9. The predicted molar refractivity (Wildman–Crippen MR) is 97.1 cm³/mol. The van der Waals surface area contributed by atoms with Gasteiger partial charge in [0.25, 0.3) is 5.88 Å². The maximum Gasteiger partial charge on any atom is 0.260 e. The fourth-order valence-corrected chi connectivity index (χ4v) is 2.24. The van der Waals surface area contributed by atoms with Crippen molar-refractivity contribution in [3.63, 3.8) is 0 Å². The number of para-hydroxylation sites is 1. The molecule has 1 heterocycles. The van der Waals surface area contributed by atoms with Crippen LogP contribution >= 0.6 is 0 Å². The second kappa shape index (κ2) is 8.02. The number of ether oxygens (including phenoxy) is 1. The highest BCUT2D eigenvalue weighted by molar-refractivity contribution is 5.90. The molecule has 0 spiro atoms. The van der Waals surface area contributed by atoms with E-state index in [0.29, 0.717) is 5.75 Å². The standard InChI is InChI=1S/C20H16FN3O2/c1-2-16(25)11-14-7-6-10-17(12-14)26-19-18(21)13-22-20(24-19)23-15-8-4-3-5-9-15/h2-10,12-13H,1,11H2,(H,22,23,24). The van der Waals surface area contributed by atoms with Gasteiger partial charge in [0.05, 0.1) is 6.20 Å². The number of nitrogens with zero attached hydrogens (tertiary/aromatic N) is 2. The van der Waals surface area contributed by atoms with Crippen LogP contribution in [0, 0.1) is 5.82 Å². The number of anilines is 2. The van der Waals surface area contributed by atoms with E-state index in [1.165, 1.54) is 6.08 Å². The molecule has 0 fully saturated rings. The van der Waals surface area contributed by atoms with Crippen molar-refractivity contribution in [3.8, 4) is 11.6 Å². The number of nitrogens with one attached hydrogen (secondary N) is 1. The molecule has 26 heavy (non-hydrogen) atoms. The first-order valence-corrected chi connectivity index (χ1v) is 7.91. The summed E-state index contributed by atoms with van der Waals surface area (Å²) in [4.78, 5) is 19.5. The second-order valence-electron chi connectivity index (χ2n) is 5.43. The summed E-state index contributed by atoms with van der Waals surface area (Å²) in [5.74, 6) is -0.403. The second-order valence-corrected chi connectivity index (χ2v) is 5.43. The van der Waals surface area contributed by atoms with Gasteiger partial charge in [-0.2, -0.15) is 9.37 Å². The lowest BCUT2D eigenvalue weighted by molar-refractivity contribution is -0.114. The molecule has 0 bridgehead atoms. The predicted octanol–water partition coefficient (Wildman–Crippen LogP) is 4.45.